The fourth-order valence-corrected chi connectivity index (χ4v) is 8.84. The summed E-state index contributed by atoms with van der Waals surface area (Å²) < 4.78 is 13.8. The van der Waals surface area contributed by atoms with Crippen molar-refractivity contribution in [2.24, 2.45) is 0 Å². The Bertz CT molecular complexity index is 3510. The first-order chi connectivity index (χ1) is 27.2. The van der Waals surface area contributed by atoms with Gasteiger partial charge in [-0.2, -0.15) is 0 Å². The summed E-state index contributed by atoms with van der Waals surface area (Å²) in [6.45, 7) is 0. The quantitative estimate of drug-likeness (QED) is 0.180. The molecule has 0 aliphatic heterocycles. The summed E-state index contributed by atoms with van der Waals surface area (Å²) in [7, 11) is 0. The summed E-state index contributed by atoms with van der Waals surface area (Å²) in [5.41, 5.74) is 8.03. The maximum atomic E-state index is 6.49. The number of aromatic nitrogens is 4. The van der Waals surface area contributed by atoms with Crippen LogP contribution in [0.5, 0.6) is 0 Å². The second-order valence-electron chi connectivity index (χ2n) is 13.8. The molecule has 7 heteroatoms. The van der Waals surface area contributed by atoms with Crippen molar-refractivity contribution in [2.75, 3.05) is 0 Å². The summed E-state index contributed by atoms with van der Waals surface area (Å²) in [5.74, 6) is 1.78. The van der Waals surface area contributed by atoms with Gasteiger partial charge in [-0.1, -0.05) is 103 Å². The van der Waals surface area contributed by atoms with Gasteiger partial charge in [0.15, 0.2) is 17.5 Å². The molecule has 0 atom stereocenters. The minimum atomic E-state index is 0.585. The van der Waals surface area contributed by atoms with Gasteiger partial charge in [0.2, 0.25) is 0 Å². The lowest BCUT2D eigenvalue weighted by atomic mass is 10.0. The maximum Gasteiger partial charge on any atom is 0.164 e. The second-order valence-corrected chi connectivity index (χ2v) is 14.9. The Morgan fingerprint density at radius 2 is 0.945 bits per heavy atom. The molecule has 0 spiro atoms. The molecule has 0 saturated carbocycles. The molecule has 0 aliphatic rings. The van der Waals surface area contributed by atoms with Crippen LogP contribution in [0.4, 0.5) is 0 Å². The molecule has 0 N–H and O–H groups in total. The van der Waals surface area contributed by atoms with E-state index in [0.717, 1.165) is 103 Å². The van der Waals surface area contributed by atoms with Crippen LogP contribution in [0.1, 0.15) is 0 Å². The van der Waals surface area contributed by atoms with E-state index in [4.69, 9.17) is 28.8 Å². The van der Waals surface area contributed by atoms with E-state index in [9.17, 15) is 0 Å². The Kier molecular flexibility index (Phi) is 6.40. The normalized spacial score (nSPS) is 12.0. The summed E-state index contributed by atoms with van der Waals surface area (Å²) in [6.07, 6.45) is 0. The molecule has 12 aromatic rings. The van der Waals surface area contributed by atoms with Gasteiger partial charge in [0.1, 0.15) is 27.3 Å². The zero-order valence-corrected chi connectivity index (χ0v) is 29.8. The first-order valence-electron chi connectivity index (χ1n) is 18.1. The Morgan fingerprint density at radius 1 is 0.364 bits per heavy atom. The number of para-hydroxylation sites is 1. The molecule has 0 bridgehead atoms. The van der Waals surface area contributed by atoms with Crippen LogP contribution < -0.4 is 0 Å². The Labute approximate surface area is 317 Å². The van der Waals surface area contributed by atoms with E-state index in [-0.39, 0.29) is 0 Å². The third-order valence-electron chi connectivity index (χ3n) is 10.5. The fraction of sp³-hybridized carbons (Fsp3) is 0. The van der Waals surface area contributed by atoms with Crippen LogP contribution in [0, 0.1) is 0 Å². The molecule has 6 nitrogen and oxygen atoms in total. The third kappa shape index (κ3) is 4.80. The van der Waals surface area contributed by atoms with Crippen LogP contribution >= 0.6 is 11.3 Å². The van der Waals surface area contributed by atoms with Gasteiger partial charge in [-0.05, 0) is 76.1 Å². The lowest BCUT2D eigenvalue weighted by Crippen LogP contribution is -2.00. The van der Waals surface area contributed by atoms with E-state index in [0.29, 0.717) is 17.5 Å². The number of thiazole rings is 1. The number of rotatable bonds is 4. The van der Waals surface area contributed by atoms with Crippen LogP contribution in [0.3, 0.4) is 0 Å². The molecule has 12 rings (SSSR count). The molecule has 55 heavy (non-hydrogen) atoms. The number of nitrogens with zero attached hydrogens (tertiary/aromatic N) is 4. The minimum absolute atomic E-state index is 0.585. The Morgan fingerprint density at radius 3 is 1.78 bits per heavy atom. The van der Waals surface area contributed by atoms with Gasteiger partial charge < -0.3 is 8.83 Å². The number of benzene rings is 8. The van der Waals surface area contributed by atoms with Crippen molar-refractivity contribution in [3.8, 4) is 44.7 Å². The highest BCUT2D eigenvalue weighted by atomic mass is 32.1. The van der Waals surface area contributed by atoms with E-state index in [1.807, 2.05) is 36.4 Å². The second kappa shape index (κ2) is 11.6. The Hall–Kier alpha value is -7.22. The smallest absolute Gasteiger partial charge is 0.164 e. The molecular weight excluding hydrogens is 697 g/mol. The van der Waals surface area contributed by atoms with Crippen LogP contribution in [0.25, 0.3) is 120 Å². The van der Waals surface area contributed by atoms with E-state index >= 15 is 0 Å². The van der Waals surface area contributed by atoms with Gasteiger partial charge in [-0.15, -0.1) is 11.3 Å². The highest BCUT2D eigenvalue weighted by molar-refractivity contribution is 7.21. The van der Waals surface area contributed by atoms with Crippen molar-refractivity contribution >= 4 is 87.0 Å². The van der Waals surface area contributed by atoms with Gasteiger partial charge in [0.25, 0.3) is 0 Å². The third-order valence-corrected chi connectivity index (χ3v) is 11.6. The van der Waals surface area contributed by atoms with Crippen LogP contribution in [-0.4, -0.2) is 19.9 Å². The summed E-state index contributed by atoms with van der Waals surface area (Å²) in [4.78, 5) is 20.6. The first kappa shape index (κ1) is 30.3. The van der Waals surface area contributed by atoms with Crippen molar-refractivity contribution in [1.82, 2.24) is 19.9 Å². The number of fused-ring (bicyclic) bond motifs is 11. The number of hydrogen-bond donors (Lipinski definition) is 0. The molecule has 0 radical (unpaired) electrons. The van der Waals surface area contributed by atoms with Gasteiger partial charge in [0, 0.05) is 38.4 Å². The standard InChI is InChI=1S/C48H26N4O2S/c1-2-9-29(10-3-1)48-49-44-41(55-48)23-22-40-43(44)42-35-25-32(17-15-28(35)18-21-39(42)54-40)46-50-45(31-16-14-27-8-4-5-11-30(27)24-31)51-47(52-46)33-19-20-38-36(26-33)34-12-6-7-13-37(34)53-38/h1-26H. The largest absolute Gasteiger partial charge is 0.456 e. The lowest BCUT2D eigenvalue weighted by molar-refractivity contribution is 0.669. The van der Waals surface area contributed by atoms with Crippen molar-refractivity contribution in [3.63, 3.8) is 0 Å². The monoisotopic (exact) mass is 722 g/mol. The van der Waals surface area contributed by atoms with E-state index in [1.165, 1.54) is 0 Å². The summed E-state index contributed by atoms with van der Waals surface area (Å²) >= 11 is 1.70. The molecule has 0 aliphatic carbocycles. The topological polar surface area (TPSA) is 77.8 Å². The van der Waals surface area contributed by atoms with Crippen molar-refractivity contribution in [1.29, 1.82) is 0 Å². The van der Waals surface area contributed by atoms with E-state index in [1.54, 1.807) is 11.3 Å². The van der Waals surface area contributed by atoms with Crippen molar-refractivity contribution in [3.05, 3.63) is 158 Å². The van der Waals surface area contributed by atoms with Crippen LogP contribution in [0.2, 0.25) is 0 Å². The number of hydrogen-bond acceptors (Lipinski definition) is 7. The Balaban J connectivity index is 1.09. The predicted octanol–water partition coefficient (Wildman–Crippen LogP) is 13.3. The van der Waals surface area contributed by atoms with Crippen molar-refractivity contribution < 1.29 is 8.83 Å². The molecule has 8 aromatic carbocycles. The predicted molar refractivity (Wildman–Crippen MR) is 224 cm³/mol. The lowest BCUT2D eigenvalue weighted by Gasteiger charge is -2.10. The molecule has 4 heterocycles. The van der Waals surface area contributed by atoms with Crippen LogP contribution in [0.15, 0.2) is 167 Å². The van der Waals surface area contributed by atoms with Crippen molar-refractivity contribution in [2.45, 2.75) is 0 Å². The maximum absolute atomic E-state index is 6.49. The molecule has 0 fully saturated rings. The van der Waals surface area contributed by atoms with E-state index < -0.39 is 0 Å². The summed E-state index contributed by atoms with van der Waals surface area (Å²) in [6, 6.07) is 54.1. The molecule has 256 valence electrons. The zero-order chi connectivity index (χ0) is 36.0. The fourth-order valence-electron chi connectivity index (χ4n) is 7.86. The molecule has 0 saturated heterocycles. The van der Waals surface area contributed by atoms with Gasteiger partial charge >= 0.3 is 0 Å². The zero-order valence-electron chi connectivity index (χ0n) is 29.0. The number of furan rings is 2. The SMILES string of the molecule is c1ccc(-c2nc3c(ccc4oc5ccc6ccc(-c7nc(-c8ccc9ccccc9c8)nc(-c8ccc9oc%10ccccc%10c9c8)n7)cc6c5c43)s2)cc1. The molecule has 0 amide bonds. The molecular formula is C48H26N4O2S. The average Bonchev–Trinajstić information content (AvgIpc) is 3.97. The average molecular weight is 723 g/mol. The van der Waals surface area contributed by atoms with Gasteiger partial charge in [-0.3, -0.25) is 0 Å². The van der Waals surface area contributed by atoms with Gasteiger partial charge in [0.05, 0.1) is 15.6 Å². The molecule has 0 unspecified atom stereocenters. The summed E-state index contributed by atoms with van der Waals surface area (Å²) in [5, 5.41) is 9.54. The van der Waals surface area contributed by atoms with E-state index in [2.05, 4.69) is 121 Å². The minimum Gasteiger partial charge on any atom is -0.456 e. The van der Waals surface area contributed by atoms with Crippen LogP contribution in [-0.2, 0) is 0 Å². The molecule has 4 aromatic heterocycles. The highest BCUT2D eigenvalue weighted by Crippen LogP contribution is 2.42. The van der Waals surface area contributed by atoms with Gasteiger partial charge in [-0.25, -0.2) is 19.9 Å². The highest BCUT2D eigenvalue weighted by Gasteiger charge is 2.19. The first-order valence-corrected chi connectivity index (χ1v) is 18.9.